The predicted octanol–water partition coefficient (Wildman–Crippen LogP) is 11.6. The maximum absolute atomic E-state index is 13.7. The van der Waals surface area contributed by atoms with Gasteiger partial charge in [-0.2, -0.15) is 19.9 Å². The second-order valence-corrected chi connectivity index (χ2v) is 34.6. The number of para-hydroxylation sites is 4. The predicted molar refractivity (Wildman–Crippen MR) is 518 cm³/mol. The van der Waals surface area contributed by atoms with E-state index in [9.17, 15) is 51.1 Å². The Morgan fingerprint density at radius 2 is 0.653 bits per heavy atom. The van der Waals surface area contributed by atoms with Crippen molar-refractivity contribution in [1.82, 2.24) is 99.3 Å². The van der Waals surface area contributed by atoms with E-state index < -0.39 is 17.1 Å². The Labute approximate surface area is 830 Å². The van der Waals surface area contributed by atoms with E-state index in [1.807, 2.05) is 89.6 Å². The molecule has 0 bridgehead atoms. The van der Waals surface area contributed by atoms with E-state index in [-0.39, 0.29) is 119 Å². The summed E-state index contributed by atoms with van der Waals surface area (Å²) in [6, 6.07) is 67.2. The van der Waals surface area contributed by atoms with Crippen molar-refractivity contribution in [2.75, 3.05) is 144 Å². The first-order valence-corrected chi connectivity index (χ1v) is 47.5. The average Bonchev–Trinajstić information content (AvgIpc) is 1.58. The summed E-state index contributed by atoms with van der Waals surface area (Å²) in [5.41, 5.74) is 7.97. The summed E-state index contributed by atoms with van der Waals surface area (Å²) in [5.74, 6) is -0.360. The van der Waals surface area contributed by atoms with Gasteiger partial charge in [-0.3, -0.25) is 62.9 Å². The SMILES string of the molecule is O=C(Cc1ccc(F)cc1)N1CC(N2CCOCC2)CN1.O=C(Cc1ccc(F)cc1)N1CC(N2CCOCC2)CN1C(=O)c1ccnc(Oc2ccccc2)n1.O=C(Cc1ccc(F)cc1)N1CC(N2CCOCC2)CN1C(=O)c1ccnc(Oc2ccccc2)n1.O=C(Cl)c1ccnc(Oc2ccccc2)n1.O=c1c(-c2ccc(F)cc2)c(-c2ccnc(Oc3ccccc3)n2)n2n1CC(N1CCOCC1)C2. The lowest BCUT2D eigenvalue weighted by atomic mass is 10.0. The van der Waals surface area contributed by atoms with Crippen LogP contribution in [0.15, 0.2) is 272 Å². The number of carbonyl (C=O) groups is 6. The first kappa shape index (κ1) is 100. The van der Waals surface area contributed by atoms with E-state index in [0.29, 0.717) is 155 Å². The van der Waals surface area contributed by atoms with Crippen LogP contribution in [-0.4, -0.2) is 297 Å². The number of halogens is 5. The number of hydrazine groups is 3. The van der Waals surface area contributed by atoms with Crippen LogP contribution in [0.2, 0.25) is 0 Å². The molecule has 0 saturated carbocycles. The Balaban J connectivity index is 0.000000127. The third kappa shape index (κ3) is 26.8. The Kier molecular flexibility index (Phi) is 34.3. The summed E-state index contributed by atoms with van der Waals surface area (Å²) in [7, 11) is 0. The van der Waals surface area contributed by atoms with E-state index in [2.05, 4.69) is 64.9 Å². The molecule has 21 rings (SSSR count). The van der Waals surface area contributed by atoms with Crippen LogP contribution < -0.4 is 29.9 Å². The zero-order valence-corrected chi connectivity index (χ0v) is 79.1. The molecule has 0 aliphatic carbocycles. The summed E-state index contributed by atoms with van der Waals surface area (Å²) in [6.07, 6.45) is 6.35. The normalized spacial score (nSPS) is 18.0. The third-order valence-corrected chi connectivity index (χ3v) is 25.0. The summed E-state index contributed by atoms with van der Waals surface area (Å²) in [6.45, 7) is 15.9. The minimum atomic E-state index is -0.639. The molecule has 1 N–H and O–H groups in total. The molecule has 0 radical (unpaired) electrons. The smallest absolute Gasteiger partial charge is 0.322 e. The fourth-order valence-corrected chi connectivity index (χ4v) is 17.6. The molecule has 35 nitrogen and oxygen atoms in total. The van der Waals surface area contributed by atoms with Crippen LogP contribution in [0.25, 0.3) is 22.5 Å². The van der Waals surface area contributed by atoms with Gasteiger partial charge >= 0.3 is 24.0 Å². The first-order chi connectivity index (χ1) is 70.3. The van der Waals surface area contributed by atoms with Gasteiger partial charge in [-0.25, -0.2) is 67.6 Å². The number of morpholine rings is 4. The van der Waals surface area contributed by atoms with Crippen molar-refractivity contribution in [3.63, 3.8) is 0 Å². The number of hydrogen-bond donors (Lipinski definition) is 1. The van der Waals surface area contributed by atoms with Crippen molar-refractivity contribution in [2.24, 2.45) is 0 Å². The molecule has 7 saturated heterocycles. The second-order valence-electron chi connectivity index (χ2n) is 34.2. The van der Waals surface area contributed by atoms with Crippen LogP contribution in [0.1, 0.15) is 48.2 Å². The molecule has 40 heteroatoms. The highest BCUT2D eigenvalue weighted by Crippen LogP contribution is 2.35. The highest BCUT2D eigenvalue weighted by molar-refractivity contribution is 6.67. The fraction of sp³-hybridized carbons (Fsp3) is 0.298. The number of fused-ring (bicyclic) bond motifs is 1. The molecule has 0 spiro atoms. The maximum atomic E-state index is 13.7. The van der Waals surface area contributed by atoms with E-state index in [1.54, 1.807) is 107 Å². The Morgan fingerprint density at radius 3 is 1.03 bits per heavy atom. The van der Waals surface area contributed by atoms with Gasteiger partial charge in [0.1, 0.15) is 63.3 Å². The minimum Gasteiger partial charge on any atom is -0.424 e. The molecule has 8 aliphatic heterocycles. The average molecular weight is 1980 g/mol. The number of nitrogens with one attached hydrogen (secondary N) is 1. The van der Waals surface area contributed by atoms with Crippen molar-refractivity contribution < 1.29 is 84.2 Å². The maximum Gasteiger partial charge on any atom is 0.322 e. The molecular formula is C104H103ClF4N20O15. The van der Waals surface area contributed by atoms with Crippen LogP contribution >= 0.6 is 11.6 Å². The minimum absolute atomic E-state index is 0.0253. The van der Waals surface area contributed by atoms with Crippen molar-refractivity contribution in [3.8, 4) is 69.6 Å². The zero-order valence-electron chi connectivity index (χ0n) is 78.3. The summed E-state index contributed by atoms with van der Waals surface area (Å²) in [4.78, 5) is 133. The van der Waals surface area contributed by atoms with E-state index in [1.165, 1.54) is 105 Å². The van der Waals surface area contributed by atoms with Gasteiger partial charge in [-0.1, -0.05) is 121 Å². The lowest BCUT2D eigenvalue weighted by Gasteiger charge is -2.31. The number of benzene rings is 8. The Bertz CT molecular complexity index is 6360. The molecule has 13 heterocycles. The zero-order chi connectivity index (χ0) is 99.6. The molecule has 13 aromatic rings. The van der Waals surface area contributed by atoms with Crippen molar-refractivity contribution in [1.29, 1.82) is 0 Å². The molecule has 4 atom stereocenters. The molecule has 144 heavy (non-hydrogen) atoms. The molecular weight excluding hydrogens is 1880 g/mol. The lowest BCUT2D eigenvalue weighted by molar-refractivity contribution is -0.140. The van der Waals surface area contributed by atoms with Crippen LogP contribution in [-0.2, 0) is 65.7 Å². The van der Waals surface area contributed by atoms with Gasteiger partial charge in [-0.15, -0.1) is 0 Å². The molecule has 744 valence electrons. The van der Waals surface area contributed by atoms with Gasteiger partial charge in [-0.05, 0) is 155 Å². The van der Waals surface area contributed by atoms with Crippen LogP contribution in [0, 0.1) is 23.3 Å². The topological polar surface area (TPSA) is 348 Å². The van der Waals surface area contributed by atoms with Crippen LogP contribution in [0.4, 0.5) is 17.6 Å². The summed E-state index contributed by atoms with van der Waals surface area (Å²) < 4.78 is 101. The first-order valence-electron chi connectivity index (χ1n) is 47.1. The molecule has 8 aromatic carbocycles. The molecule has 8 aliphatic rings. The van der Waals surface area contributed by atoms with Gasteiger partial charge in [0.25, 0.3) is 22.6 Å². The quantitative estimate of drug-likeness (QED) is 0.0459. The molecule has 7 fully saturated rings. The van der Waals surface area contributed by atoms with E-state index in [0.717, 1.165) is 77.7 Å². The number of rotatable bonds is 23. The van der Waals surface area contributed by atoms with Crippen molar-refractivity contribution >= 4 is 46.4 Å². The van der Waals surface area contributed by atoms with Crippen molar-refractivity contribution in [2.45, 2.75) is 56.5 Å². The van der Waals surface area contributed by atoms with Gasteiger partial charge in [0.05, 0.1) is 135 Å². The van der Waals surface area contributed by atoms with Crippen LogP contribution in [0.5, 0.6) is 47.0 Å². The monoisotopic (exact) mass is 1980 g/mol. The standard InChI is InChI=1S/2C26H26FN5O4.C26H24FN5O3.C15H20FN3O2.C11H7ClN2O2/c2*27-20-8-6-19(7-9-20)16-24(33)31-17-21(30-12-14-35-15-13-30)18-32(31)25(34)23-10-11-28-26(29-23)36-22-4-2-1-3-5-22;27-19-8-6-18(7-9-19)23-24(22-10-11-28-26(29-22)35-21-4-2-1-3-5-21)31-16-20(17-32(31)25(23)33)30-12-14-34-15-13-30;16-13-3-1-12(2-4-13)9-15(20)19-11-14(10-17-19)18-5-7-21-8-6-18;12-10(15)9-6-7-13-11(14-9)16-8-4-2-1-3-5-8/h2*1-11,21H,12-18H2;1-11,20H,12-17H2;1-4,14,17H,5-11H2;1-7H. The largest absolute Gasteiger partial charge is 0.424 e. The summed E-state index contributed by atoms with van der Waals surface area (Å²) >= 11 is 5.29. The van der Waals surface area contributed by atoms with Gasteiger partial charge in [0, 0.05) is 108 Å². The highest BCUT2D eigenvalue weighted by Gasteiger charge is 2.44. The van der Waals surface area contributed by atoms with Crippen molar-refractivity contribution in [3.05, 3.63) is 335 Å². The van der Waals surface area contributed by atoms with Crippen LogP contribution in [0.3, 0.4) is 0 Å². The third-order valence-electron chi connectivity index (χ3n) is 24.8. The highest BCUT2D eigenvalue weighted by atomic mass is 35.5. The number of hydrogen-bond acceptors (Lipinski definition) is 28. The number of ether oxygens (including phenoxy) is 8. The van der Waals surface area contributed by atoms with Gasteiger partial charge < -0.3 is 37.9 Å². The number of nitrogens with zero attached hydrogens (tertiary/aromatic N) is 19. The molecule has 5 aromatic heterocycles. The molecule has 5 amide bonds. The summed E-state index contributed by atoms with van der Waals surface area (Å²) in [5, 5.41) is 6.89. The Morgan fingerprint density at radius 1 is 0.340 bits per heavy atom. The lowest BCUT2D eigenvalue weighted by Crippen LogP contribution is -2.46. The Hall–Kier alpha value is -15.0. The number of aromatic nitrogens is 10. The number of amides is 5. The molecule has 4 unspecified atom stereocenters. The second kappa shape index (κ2) is 49.1. The van der Waals surface area contributed by atoms with E-state index >= 15 is 0 Å². The van der Waals surface area contributed by atoms with Gasteiger partial charge in [0.2, 0.25) is 17.7 Å². The van der Waals surface area contributed by atoms with E-state index in [4.69, 9.17) is 49.5 Å². The van der Waals surface area contributed by atoms with Gasteiger partial charge in [0.15, 0.2) is 0 Å². The number of carbonyl (C=O) groups excluding carboxylic acids is 6. The fourth-order valence-electron chi connectivity index (χ4n) is 17.5.